The molecule has 12 heteroatoms. The molecule has 2 aromatic carbocycles. The van der Waals surface area contributed by atoms with Crippen molar-refractivity contribution in [1.29, 1.82) is 0 Å². The van der Waals surface area contributed by atoms with Crippen LogP contribution in [0.15, 0.2) is 36.4 Å². The minimum atomic E-state index is -3.96. The van der Waals surface area contributed by atoms with Crippen LogP contribution in [0.5, 0.6) is 0 Å². The van der Waals surface area contributed by atoms with Crippen molar-refractivity contribution < 1.29 is 18.0 Å². The number of anilines is 1. The Morgan fingerprint density at radius 1 is 1.03 bits per heavy atom. The number of nitrogens with one attached hydrogen (secondary N) is 1. The van der Waals surface area contributed by atoms with Crippen LogP contribution in [0, 0.1) is 0 Å². The molecule has 0 bridgehead atoms. The Hall–Kier alpha value is -1.71. The Labute approximate surface area is 232 Å². The summed E-state index contributed by atoms with van der Waals surface area (Å²) >= 11 is 24.8. The second-order valence-electron chi connectivity index (χ2n) is 9.26. The molecule has 0 aliphatic rings. The van der Waals surface area contributed by atoms with E-state index in [9.17, 15) is 18.0 Å². The van der Waals surface area contributed by atoms with E-state index in [4.69, 9.17) is 46.4 Å². The molecule has 0 spiro atoms. The van der Waals surface area contributed by atoms with Gasteiger partial charge in [-0.25, -0.2) is 8.42 Å². The second-order valence-corrected chi connectivity index (χ2v) is 12.8. The SMILES string of the molecule is CCC(C(=O)NC(C)(C)C)N(Cc1ccc(Cl)cc1Cl)C(=O)CN(c1cccc(Cl)c1Cl)S(C)(=O)=O. The van der Waals surface area contributed by atoms with Crippen molar-refractivity contribution in [2.75, 3.05) is 17.1 Å². The first-order valence-electron chi connectivity index (χ1n) is 11.0. The van der Waals surface area contributed by atoms with Crippen LogP contribution in [-0.2, 0) is 26.2 Å². The summed E-state index contributed by atoms with van der Waals surface area (Å²) in [6, 6.07) is 8.40. The van der Waals surface area contributed by atoms with Crippen LogP contribution in [0.3, 0.4) is 0 Å². The molecule has 0 aliphatic heterocycles. The minimum absolute atomic E-state index is 0.0118. The number of rotatable bonds is 9. The molecule has 1 N–H and O–H groups in total. The average molecular weight is 597 g/mol. The van der Waals surface area contributed by atoms with E-state index in [-0.39, 0.29) is 34.6 Å². The van der Waals surface area contributed by atoms with Gasteiger partial charge in [-0.15, -0.1) is 0 Å². The molecule has 0 radical (unpaired) electrons. The number of halogens is 4. The summed E-state index contributed by atoms with van der Waals surface area (Å²) in [6.07, 6.45) is 1.23. The summed E-state index contributed by atoms with van der Waals surface area (Å²) < 4.78 is 26.3. The number of amides is 2. The van der Waals surface area contributed by atoms with E-state index < -0.39 is 34.1 Å². The number of carbonyl (C=O) groups is 2. The Balaban J connectivity index is 2.54. The van der Waals surface area contributed by atoms with E-state index in [0.717, 1.165) is 10.6 Å². The van der Waals surface area contributed by atoms with E-state index in [1.165, 1.54) is 29.2 Å². The molecule has 0 aromatic heterocycles. The lowest BCUT2D eigenvalue weighted by Crippen LogP contribution is -2.55. The summed E-state index contributed by atoms with van der Waals surface area (Å²) in [7, 11) is -3.96. The number of benzene rings is 2. The van der Waals surface area contributed by atoms with Crippen molar-refractivity contribution in [1.82, 2.24) is 10.2 Å². The highest BCUT2D eigenvalue weighted by Gasteiger charge is 2.34. The third-order valence-corrected chi connectivity index (χ3v) is 7.64. The minimum Gasteiger partial charge on any atom is -0.350 e. The molecule has 1 unspecified atom stereocenters. The predicted octanol–water partition coefficient (Wildman–Crippen LogP) is 5.79. The topological polar surface area (TPSA) is 86.8 Å². The lowest BCUT2D eigenvalue weighted by molar-refractivity contribution is -0.141. The Morgan fingerprint density at radius 3 is 2.19 bits per heavy atom. The zero-order valence-corrected chi connectivity index (χ0v) is 24.5. The van der Waals surface area contributed by atoms with E-state index in [1.54, 1.807) is 19.1 Å². The largest absolute Gasteiger partial charge is 0.350 e. The molecule has 0 saturated carbocycles. The zero-order chi connectivity index (χ0) is 27.4. The van der Waals surface area contributed by atoms with Gasteiger partial charge in [0, 0.05) is 22.1 Å². The molecular formula is C24H29Cl4N3O4S. The van der Waals surface area contributed by atoms with Crippen LogP contribution < -0.4 is 9.62 Å². The molecule has 0 heterocycles. The predicted molar refractivity (Wildman–Crippen MR) is 148 cm³/mol. The number of hydrogen-bond donors (Lipinski definition) is 1. The molecule has 2 aromatic rings. The Morgan fingerprint density at radius 2 is 1.67 bits per heavy atom. The highest BCUT2D eigenvalue weighted by atomic mass is 35.5. The smallest absolute Gasteiger partial charge is 0.244 e. The third kappa shape index (κ3) is 8.15. The van der Waals surface area contributed by atoms with Gasteiger partial charge < -0.3 is 10.2 Å². The normalized spacial score (nSPS) is 12.7. The number of sulfonamides is 1. The Bertz CT molecular complexity index is 1230. The molecule has 2 amide bonds. The fraction of sp³-hybridized carbons (Fsp3) is 0.417. The van der Waals surface area contributed by atoms with Gasteiger partial charge in [0.1, 0.15) is 12.6 Å². The first kappa shape index (κ1) is 30.5. The van der Waals surface area contributed by atoms with Gasteiger partial charge in [-0.05, 0) is 57.0 Å². The maximum absolute atomic E-state index is 13.7. The lowest BCUT2D eigenvalue weighted by atomic mass is 10.1. The monoisotopic (exact) mass is 595 g/mol. The highest BCUT2D eigenvalue weighted by molar-refractivity contribution is 7.92. The van der Waals surface area contributed by atoms with Crippen molar-refractivity contribution in [3.63, 3.8) is 0 Å². The first-order valence-corrected chi connectivity index (χ1v) is 14.4. The fourth-order valence-corrected chi connectivity index (χ4v) is 5.26. The van der Waals surface area contributed by atoms with Gasteiger partial charge in [0.05, 0.1) is 22.0 Å². The van der Waals surface area contributed by atoms with E-state index in [0.29, 0.717) is 15.6 Å². The molecule has 7 nitrogen and oxygen atoms in total. The van der Waals surface area contributed by atoms with Gasteiger partial charge >= 0.3 is 0 Å². The summed E-state index contributed by atoms with van der Waals surface area (Å²) in [4.78, 5) is 28.2. The molecule has 1 atom stereocenters. The van der Waals surface area contributed by atoms with Gasteiger partial charge in [0.2, 0.25) is 21.8 Å². The van der Waals surface area contributed by atoms with Crippen LogP contribution in [-0.4, -0.2) is 49.5 Å². The molecule has 0 aliphatic carbocycles. The van der Waals surface area contributed by atoms with Gasteiger partial charge in [-0.1, -0.05) is 65.5 Å². The molecule has 2 rings (SSSR count). The highest BCUT2D eigenvalue weighted by Crippen LogP contribution is 2.34. The van der Waals surface area contributed by atoms with Crippen molar-refractivity contribution >= 4 is 73.9 Å². The summed E-state index contributed by atoms with van der Waals surface area (Å²) in [5.41, 5.74) is 0.0457. The molecule has 36 heavy (non-hydrogen) atoms. The third-order valence-electron chi connectivity index (χ3n) is 5.12. The lowest BCUT2D eigenvalue weighted by Gasteiger charge is -2.34. The van der Waals surface area contributed by atoms with E-state index in [2.05, 4.69) is 5.32 Å². The maximum atomic E-state index is 13.7. The molecule has 0 saturated heterocycles. The number of nitrogens with zero attached hydrogens (tertiary/aromatic N) is 2. The van der Waals surface area contributed by atoms with Crippen molar-refractivity contribution in [3.8, 4) is 0 Å². The molecule has 198 valence electrons. The molecular weight excluding hydrogens is 568 g/mol. The maximum Gasteiger partial charge on any atom is 0.244 e. The van der Waals surface area contributed by atoms with E-state index in [1.807, 2.05) is 20.8 Å². The fourth-order valence-electron chi connectivity index (χ4n) is 3.49. The number of hydrogen-bond acceptors (Lipinski definition) is 4. The van der Waals surface area contributed by atoms with E-state index >= 15 is 0 Å². The summed E-state index contributed by atoms with van der Waals surface area (Å²) in [5.74, 6) is -1.01. The van der Waals surface area contributed by atoms with Crippen molar-refractivity contribution in [2.45, 2.75) is 52.2 Å². The quantitative estimate of drug-likeness (QED) is 0.397. The van der Waals surface area contributed by atoms with Crippen LogP contribution >= 0.6 is 46.4 Å². The first-order chi connectivity index (χ1) is 16.5. The van der Waals surface area contributed by atoms with Crippen LogP contribution in [0.25, 0.3) is 0 Å². The van der Waals surface area contributed by atoms with Gasteiger partial charge in [0.25, 0.3) is 0 Å². The van der Waals surface area contributed by atoms with Crippen molar-refractivity contribution in [2.24, 2.45) is 0 Å². The van der Waals surface area contributed by atoms with Gasteiger partial charge in [-0.2, -0.15) is 0 Å². The summed E-state index contributed by atoms with van der Waals surface area (Å²) in [6.45, 7) is 6.58. The van der Waals surface area contributed by atoms with Crippen LogP contribution in [0.1, 0.15) is 39.7 Å². The van der Waals surface area contributed by atoms with Crippen LogP contribution in [0.4, 0.5) is 5.69 Å². The standard InChI is InChI=1S/C24H29Cl4N3O4S/c1-6-19(23(33)29-24(2,3)4)30(13-15-10-11-16(25)12-18(15)27)21(32)14-31(36(5,34)35)20-9-7-8-17(26)22(20)28/h7-12,19H,6,13-14H2,1-5H3,(H,29,33). The zero-order valence-electron chi connectivity index (χ0n) is 20.6. The van der Waals surface area contributed by atoms with Gasteiger partial charge in [-0.3, -0.25) is 13.9 Å². The van der Waals surface area contributed by atoms with Crippen molar-refractivity contribution in [3.05, 3.63) is 62.1 Å². The Kier molecular flexibility index (Phi) is 10.4. The molecule has 0 fully saturated rings. The van der Waals surface area contributed by atoms with Gasteiger partial charge in [0.15, 0.2) is 0 Å². The average Bonchev–Trinajstić information content (AvgIpc) is 2.73. The number of carbonyl (C=O) groups excluding carboxylic acids is 2. The van der Waals surface area contributed by atoms with Crippen LogP contribution in [0.2, 0.25) is 20.1 Å². The second kappa shape index (κ2) is 12.2. The summed E-state index contributed by atoms with van der Waals surface area (Å²) in [5, 5.41) is 3.74.